The number of hydrogen-bond acceptors (Lipinski definition) is 3. The van der Waals surface area contributed by atoms with E-state index in [1.165, 1.54) is 5.56 Å². The Kier molecular flexibility index (Phi) is 7.75. The second-order valence-electron chi connectivity index (χ2n) is 6.95. The molecule has 144 valence electrons. The number of benzene rings is 1. The lowest BCUT2D eigenvalue weighted by Gasteiger charge is -2.30. The van der Waals surface area contributed by atoms with Gasteiger partial charge in [0.25, 0.3) is 0 Å². The van der Waals surface area contributed by atoms with Crippen molar-refractivity contribution < 1.29 is 14.3 Å². The normalized spacial score (nSPS) is 19.5. The van der Waals surface area contributed by atoms with Crippen molar-refractivity contribution >= 4 is 11.9 Å². The molecular formula is C20H31N3O3. The van der Waals surface area contributed by atoms with Crippen LogP contribution in [0.15, 0.2) is 24.3 Å². The molecule has 1 fully saturated rings. The van der Waals surface area contributed by atoms with E-state index in [0.29, 0.717) is 13.2 Å². The van der Waals surface area contributed by atoms with Crippen molar-refractivity contribution in [3.8, 4) is 5.75 Å². The highest BCUT2D eigenvalue weighted by molar-refractivity contribution is 5.74. The Morgan fingerprint density at radius 1 is 1.08 bits per heavy atom. The summed E-state index contributed by atoms with van der Waals surface area (Å²) >= 11 is 0. The first kappa shape index (κ1) is 20.1. The van der Waals surface area contributed by atoms with E-state index in [-0.39, 0.29) is 24.0 Å². The van der Waals surface area contributed by atoms with E-state index in [2.05, 4.69) is 10.6 Å². The van der Waals surface area contributed by atoms with Crippen LogP contribution in [0.1, 0.15) is 45.1 Å². The number of nitrogens with zero attached hydrogens (tertiary/aromatic N) is 1. The largest absolute Gasteiger partial charge is 0.494 e. The van der Waals surface area contributed by atoms with Gasteiger partial charge in [0.1, 0.15) is 5.75 Å². The number of nitrogens with one attached hydrogen (secondary N) is 2. The number of urea groups is 1. The van der Waals surface area contributed by atoms with Crippen LogP contribution >= 0.6 is 0 Å². The highest BCUT2D eigenvalue weighted by atomic mass is 16.5. The van der Waals surface area contributed by atoms with Crippen LogP contribution in [-0.2, 0) is 11.2 Å². The molecule has 1 aliphatic carbocycles. The minimum atomic E-state index is -0.0288. The van der Waals surface area contributed by atoms with E-state index in [0.717, 1.165) is 37.9 Å². The minimum absolute atomic E-state index is 0.0199. The SMILES string of the molecule is CCOc1ccc(CCN(C)C(=O)NC2CCC(NC(C)=O)CC2)cc1. The summed E-state index contributed by atoms with van der Waals surface area (Å²) < 4.78 is 5.44. The molecule has 0 unspecified atom stereocenters. The highest BCUT2D eigenvalue weighted by Crippen LogP contribution is 2.19. The van der Waals surface area contributed by atoms with Crippen LogP contribution in [0.3, 0.4) is 0 Å². The summed E-state index contributed by atoms with van der Waals surface area (Å²) in [4.78, 5) is 25.2. The molecule has 6 heteroatoms. The van der Waals surface area contributed by atoms with Gasteiger partial charge >= 0.3 is 6.03 Å². The van der Waals surface area contributed by atoms with Crippen LogP contribution in [0.2, 0.25) is 0 Å². The summed E-state index contributed by atoms with van der Waals surface area (Å²) in [5, 5.41) is 6.07. The van der Waals surface area contributed by atoms with Crippen LogP contribution in [0, 0.1) is 0 Å². The summed E-state index contributed by atoms with van der Waals surface area (Å²) in [6.45, 7) is 4.84. The first-order chi connectivity index (χ1) is 12.5. The molecule has 1 aliphatic rings. The van der Waals surface area contributed by atoms with E-state index in [9.17, 15) is 9.59 Å². The van der Waals surface area contributed by atoms with Crippen LogP contribution in [0.5, 0.6) is 5.75 Å². The van der Waals surface area contributed by atoms with Crippen molar-refractivity contribution in [3.63, 3.8) is 0 Å². The fourth-order valence-corrected chi connectivity index (χ4v) is 3.27. The van der Waals surface area contributed by atoms with Gasteiger partial charge in [0.15, 0.2) is 0 Å². The molecule has 0 saturated heterocycles. The predicted octanol–water partition coefficient (Wildman–Crippen LogP) is 2.72. The van der Waals surface area contributed by atoms with Crippen molar-refractivity contribution in [2.24, 2.45) is 0 Å². The zero-order chi connectivity index (χ0) is 18.9. The zero-order valence-corrected chi connectivity index (χ0v) is 16.1. The van der Waals surface area contributed by atoms with Crippen LogP contribution in [0.4, 0.5) is 4.79 Å². The third-order valence-corrected chi connectivity index (χ3v) is 4.78. The highest BCUT2D eigenvalue weighted by Gasteiger charge is 2.23. The van der Waals surface area contributed by atoms with E-state index < -0.39 is 0 Å². The fraction of sp³-hybridized carbons (Fsp3) is 0.600. The van der Waals surface area contributed by atoms with Crippen LogP contribution in [0.25, 0.3) is 0 Å². The number of carbonyl (C=O) groups is 2. The smallest absolute Gasteiger partial charge is 0.317 e. The maximum Gasteiger partial charge on any atom is 0.317 e. The fourth-order valence-electron chi connectivity index (χ4n) is 3.27. The topological polar surface area (TPSA) is 70.7 Å². The second kappa shape index (κ2) is 10.0. The minimum Gasteiger partial charge on any atom is -0.494 e. The summed E-state index contributed by atoms with van der Waals surface area (Å²) in [6.07, 6.45) is 4.46. The van der Waals surface area contributed by atoms with E-state index in [1.807, 2.05) is 38.2 Å². The summed E-state index contributed by atoms with van der Waals surface area (Å²) in [6, 6.07) is 8.43. The predicted molar refractivity (Wildman–Crippen MR) is 102 cm³/mol. The molecule has 2 rings (SSSR count). The molecule has 0 aliphatic heterocycles. The molecule has 0 radical (unpaired) electrons. The van der Waals surface area contributed by atoms with Gasteiger partial charge in [0.2, 0.25) is 5.91 Å². The van der Waals surface area contributed by atoms with Gasteiger partial charge in [0, 0.05) is 32.6 Å². The maximum absolute atomic E-state index is 12.4. The number of rotatable bonds is 7. The number of amides is 3. The Morgan fingerprint density at radius 3 is 2.19 bits per heavy atom. The van der Waals surface area contributed by atoms with E-state index in [1.54, 1.807) is 11.8 Å². The van der Waals surface area contributed by atoms with Gasteiger partial charge < -0.3 is 20.3 Å². The quantitative estimate of drug-likeness (QED) is 0.784. The van der Waals surface area contributed by atoms with Crippen molar-refractivity contribution in [2.75, 3.05) is 20.2 Å². The van der Waals surface area contributed by atoms with Gasteiger partial charge in [-0.05, 0) is 56.7 Å². The average molecular weight is 361 g/mol. The van der Waals surface area contributed by atoms with Crippen LogP contribution < -0.4 is 15.4 Å². The molecule has 1 aromatic carbocycles. The Balaban J connectivity index is 1.70. The molecule has 0 heterocycles. The Morgan fingerprint density at radius 2 is 1.65 bits per heavy atom. The van der Waals surface area contributed by atoms with Gasteiger partial charge in [-0.1, -0.05) is 12.1 Å². The molecule has 1 aromatic rings. The molecule has 6 nitrogen and oxygen atoms in total. The number of likely N-dealkylation sites (N-methyl/N-ethyl adjacent to an activating group) is 1. The van der Waals surface area contributed by atoms with Crippen molar-refractivity contribution in [3.05, 3.63) is 29.8 Å². The molecule has 0 spiro atoms. The van der Waals surface area contributed by atoms with Gasteiger partial charge in [-0.15, -0.1) is 0 Å². The average Bonchev–Trinajstić information content (AvgIpc) is 2.62. The third kappa shape index (κ3) is 6.58. The monoisotopic (exact) mass is 361 g/mol. The molecule has 0 atom stereocenters. The molecule has 3 amide bonds. The molecule has 1 saturated carbocycles. The van der Waals surface area contributed by atoms with Gasteiger partial charge in [-0.25, -0.2) is 4.79 Å². The maximum atomic E-state index is 12.4. The lowest BCUT2D eigenvalue weighted by molar-refractivity contribution is -0.119. The summed E-state index contributed by atoms with van der Waals surface area (Å²) in [5.41, 5.74) is 1.18. The van der Waals surface area contributed by atoms with Gasteiger partial charge in [-0.3, -0.25) is 4.79 Å². The zero-order valence-electron chi connectivity index (χ0n) is 16.1. The Hall–Kier alpha value is -2.24. The summed E-state index contributed by atoms with van der Waals surface area (Å²) in [7, 11) is 1.83. The first-order valence-electron chi connectivity index (χ1n) is 9.48. The van der Waals surface area contributed by atoms with Crippen molar-refractivity contribution in [2.45, 2.75) is 58.0 Å². The molecule has 0 bridgehead atoms. The third-order valence-electron chi connectivity index (χ3n) is 4.78. The lowest BCUT2D eigenvalue weighted by Crippen LogP contribution is -2.47. The van der Waals surface area contributed by atoms with E-state index in [4.69, 9.17) is 4.74 Å². The number of hydrogen-bond donors (Lipinski definition) is 2. The Bertz CT molecular complexity index is 580. The first-order valence-corrected chi connectivity index (χ1v) is 9.48. The number of carbonyl (C=O) groups excluding carboxylic acids is 2. The van der Waals surface area contributed by atoms with Crippen molar-refractivity contribution in [1.29, 1.82) is 0 Å². The second-order valence-corrected chi connectivity index (χ2v) is 6.95. The standard InChI is InChI=1S/C20H31N3O3/c1-4-26-19-11-5-16(6-12-19)13-14-23(3)20(25)22-18-9-7-17(8-10-18)21-15(2)24/h5-6,11-12,17-18H,4,7-10,13-14H2,1-3H3,(H,21,24)(H,22,25). The van der Waals surface area contributed by atoms with Crippen molar-refractivity contribution in [1.82, 2.24) is 15.5 Å². The Labute approximate surface area is 156 Å². The van der Waals surface area contributed by atoms with Gasteiger partial charge in [-0.2, -0.15) is 0 Å². The molecule has 26 heavy (non-hydrogen) atoms. The lowest BCUT2D eigenvalue weighted by atomic mass is 9.91. The summed E-state index contributed by atoms with van der Waals surface area (Å²) in [5.74, 6) is 0.892. The van der Waals surface area contributed by atoms with Crippen LogP contribution in [-0.4, -0.2) is 49.1 Å². The molecule has 2 N–H and O–H groups in total. The molecule has 0 aromatic heterocycles. The van der Waals surface area contributed by atoms with E-state index >= 15 is 0 Å². The number of ether oxygens (including phenoxy) is 1. The molecular weight excluding hydrogens is 330 g/mol. The van der Waals surface area contributed by atoms with Gasteiger partial charge in [0.05, 0.1) is 6.61 Å².